The van der Waals surface area contributed by atoms with Crippen LogP contribution in [0.1, 0.15) is 45.8 Å². The monoisotopic (exact) mass is 403 g/mol. The molecule has 7 nitrogen and oxygen atoms in total. The topological polar surface area (TPSA) is 77.4 Å². The number of hydrogen-bond donors (Lipinski definition) is 1. The zero-order valence-electron chi connectivity index (χ0n) is 17.6. The van der Waals surface area contributed by atoms with Crippen LogP contribution in [0, 0.1) is 20.8 Å². The molecular formula is C23H25N5O2. The maximum atomic E-state index is 12.5. The van der Waals surface area contributed by atoms with Gasteiger partial charge < -0.3 is 13.6 Å². The number of rotatable bonds is 6. The molecule has 0 aliphatic rings. The first-order chi connectivity index (χ1) is 14.5. The molecule has 0 bridgehead atoms. The van der Waals surface area contributed by atoms with Crippen molar-refractivity contribution in [3.8, 4) is 0 Å². The summed E-state index contributed by atoms with van der Waals surface area (Å²) in [5.41, 5.74) is 8.10. The lowest BCUT2D eigenvalue weighted by molar-refractivity contribution is 0.0955. The molecule has 4 aromatic rings. The molecule has 30 heavy (non-hydrogen) atoms. The summed E-state index contributed by atoms with van der Waals surface area (Å²) in [7, 11) is 0. The van der Waals surface area contributed by atoms with E-state index >= 15 is 0 Å². The lowest BCUT2D eigenvalue weighted by atomic mass is 10.2. The van der Waals surface area contributed by atoms with Crippen LogP contribution in [-0.4, -0.2) is 26.2 Å². The minimum atomic E-state index is -0.263. The highest BCUT2D eigenvalue weighted by molar-refractivity contribution is 5.98. The summed E-state index contributed by atoms with van der Waals surface area (Å²) in [4.78, 5) is 17.1. The number of benzene rings is 1. The van der Waals surface area contributed by atoms with Crippen molar-refractivity contribution >= 4 is 23.2 Å². The summed E-state index contributed by atoms with van der Waals surface area (Å²) >= 11 is 0. The number of imidazole rings is 1. The lowest BCUT2D eigenvalue weighted by Crippen LogP contribution is -2.17. The summed E-state index contributed by atoms with van der Waals surface area (Å²) in [6.07, 6.45) is 3.35. The highest BCUT2D eigenvalue weighted by Crippen LogP contribution is 2.18. The number of amides is 1. The van der Waals surface area contributed by atoms with Crippen LogP contribution in [0.2, 0.25) is 0 Å². The standard InChI is InChI=1S/C23H25N5O2/c1-5-27-17(4)25-21-12-18(8-9-22(21)27)23(29)26-24-13-19-11-15(2)28(16(19)3)14-20-7-6-10-30-20/h6-13H,5,14H2,1-4H3,(H,26,29)/b24-13-. The van der Waals surface area contributed by atoms with Crippen molar-refractivity contribution in [2.45, 2.75) is 40.8 Å². The molecule has 154 valence electrons. The van der Waals surface area contributed by atoms with E-state index in [1.807, 2.05) is 45.0 Å². The van der Waals surface area contributed by atoms with Crippen molar-refractivity contribution in [1.29, 1.82) is 0 Å². The molecule has 0 atom stereocenters. The highest BCUT2D eigenvalue weighted by atomic mass is 16.3. The minimum absolute atomic E-state index is 0.263. The number of hydrazone groups is 1. The Morgan fingerprint density at radius 1 is 1.20 bits per heavy atom. The molecule has 0 radical (unpaired) electrons. The summed E-state index contributed by atoms with van der Waals surface area (Å²) in [5.74, 6) is 1.57. The van der Waals surface area contributed by atoms with Gasteiger partial charge in [-0.3, -0.25) is 4.79 Å². The van der Waals surface area contributed by atoms with Gasteiger partial charge in [0, 0.05) is 29.1 Å². The van der Waals surface area contributed by atoms with E-state index in [1.54, 1.807) is 24.6 Å². The quantitative estimate of drug-likeness (QED) is 0.387. The van der Waals surface area contributed by atoms with Gasteiger partial charge in [0.05, 0.1) is 30.1 Å². The van der Waals surface area contributed by atoms with Crippen molar-refractivity contribution in [1.82, 2.24) is 19.5 Å². The largest absolute Gasteiger partial charge is 0.467 e. The molecule has 0 unspecified atom stereocenters. The third kappa shape index (κ3) is 3.66. The number of hydrogen-bond acceptors (Lipinski definition) is 4. The molecule has 0 aliphatic heterocycles. The van der Waals surface area contributed by atoms with Gasteiger partial charge in [-0.2, -0.15) is 5.10 Å². The Labute approximate surface area is 175 Å². The Morgan fingerprint density at radius 3 is 2.77 bits per heavy atom. The van der Waals surface area contributed by atoms with Crippen LogP contribution in [0.15, 0.2) is 52.2 Å². The summed E-state index contributed by atoms with van der Waals surface area (Å²) < 4.78 is 9.72. The fourth-order valence-corrected chi connectivity index (χ4v) is 3.78. The van der Waals surface area contributed by atoms with E-state index in [-0.39, 0.29) is 5.91 Å². The Morgan fingerprint density at radius 2 is 2.03 bits per heavy atom. The second kappa shape index (κ2) is 8.02. The smallest absolute Gasteiger partial charge is 0.271 e. The molecule has 1 amide bonds. The zero-order valence-corrected chi connectivity index (χ0v) is 17.6. The molecule has 0 fully saturated rings. The average molecular weight is 403 g/mol. The second-order valence-corrected chi connectivity index (χ2v) is 7.30. The number of nitrogens with one attached hydrogen (secondary N) is 1. The van der Waals surface area contributed by atoms with E-state index < -0.39 is 0 Å². The molecule has 7 heteroatoms. The number of fused-ring (bicyclic) bond motifs is 1. The summed E-state index contributed by atoms with van der Waals surface area (Å²) in [5, 5.41) is 4.16. The van der Waals surface area contributed by atoms with Gasteiger partial charge in [-0.25, -0.2) is 10.4 Å². The third-order valence-electron chi connectivity index (χ3n) is 5.39. The van der Waals surface area contributed by atoms with Crippen LogP contribution in [-0.2, 0) is 13.1 Å². The van der Waals surface area contributed by atoms with Crippen LogP contribution in [0.5, 0.6) is 0 Å². The Bertz CT molecular complexity index is 1230. The fourth-order valence-electron chi connectivity index (χ4n) is 3.78. The van der Waals surface area contributed by atoms with E-state index in [1.165, 1.54) is 0 Å². The van der Waals surface area contributed by atoms with Crippen LogP contribution in [0.3, 0.4) is 0 Å². The Balaban J connectivity index is 1.48. The number of aryl methyl sites for hydroxylation is 3. The van der Waals surface area contributed by atoms with Crippen molar-refractivity contribution in [3.05, 3.63) is 76.8 Å². The van der Waals surface area contributed by atoms with Crippen molar-refractivity contribution in [3.63, 3.8) is 0 Å². The molecule has 3 aromatic heterocycles. The Kier molecular flexibility index (Phi) is 5.27. The fraction of sp³-hybridized carbons (Fsp3) is 0.261. The molecule has 0 spiro atoms. The Hall–Kier alpha value is -3.61. The van der Waals surface area contributed by atoms with E-state index in [0.717, 1.165) is 46.1 Å². The third-order valence-corrected chi connectivity index (χ3v) is 5.39. The van der Waals surface area contributed by atoms with Gasteiger partial charge in [0.2, 0.25) is 0 Å². The van der Waals surface area contributed by atoms with E-state index in [9.17, 15) is 4.79 Å². The molecule has 0 saturated heterocycles. The number of carbonyl (C=O) groups excluding carboxylic acids is 1. The maximum absolute atomic E-state index is 12.5. The van der Waals surface area contributed by atoms with Crippen LogP contribution in [0.25, 0.3) is 11.0 Å². The van der Waals surface area contributed by atoms with Crippen molar-refractivity contribution in [2.75, 3.05) is 0 Å². The van der Waals surface area contributed by atoms with Crippen molar-refractivity contribution in [2.24, 2.45) is 5.10 Å². The normalized spacial score (nSPS) is 11.6. The van der Waals surface area contributed by atoms with Gasteiger partial charge in [0.15, 0.2) is 0 Å². The first kappa shape index (κ1) is 19.7. The van der Waals surface area contributed by atoms with E-state index in [2.05, 4.69) is 31.6 Å². The van der Waals surface area contributed by atoms with Crippen LogP contribution < -0.4 is 5.43 Å². The minimum Gasteiger partial charge on any atom is -0.467 e. The van der Waals surface area contributed by atoms with Gasteiger partial charge in [-0.1, -0.05) is 0 Å². The van der Waals surface area contributed by atoms with Crippen molar-refractivity contribution < 1.29 is 9.21 Å². The highest BCUT2D eigenvalue weighted by Gasteiger charge is 2.12. The molecule has 1 N–H and O–H groups in total. The molecule has 0 aliphatic carbocycles. The summed E-state index contributed by atoms with van der Waals surface area (Å²) in [6, 6.07) is 11.4. The lowest BCUT2D eigenvalue weighted by Gasteiger charge is -2.07. The SMILES string of the molecule is CCn1c(C)nc2cc(C(=O)N/N=C\c3cc(C)n(Cc4ccco4)c3C)ccc21. The van der Waals surface area contributed by atoms with E-state index in [4.69, 9.17) is 4.42 Å². The molecule has 1 aromatic carbocycles. The number of carbonyl (C=O) groups is 1. The average Bonchev–Trinajstić information content (AvgIpc) is 3.42. The van der Waals surface area contributed by atoms with Gasteiger partial charge in [-0.05, 0) is 64.1 Å². The second-order valence-electron chi connectivity index (χ2n) is 7.30. The van der Waals surface area contributed by atoms with Gasteiger partial charge in [-0.15, -0.1) is 0 Å². The van der Waals surface area contributed by atoms with Gasteiger partial charge in [0.25, 0.3) is 5.91 Å². The van der Waals surface area contributed by atoms with Crippen LogP contribution >= 0.6 is 0 Å². The van der Waals surface area contributed by atoms with Gasteiger partial charge in [0.1, 0.15) is 11.6 Å². The molecular weight excluding hydrogens is 378 g/mol. The predicted octanol–water partition coefficient (Wildman–Crippen LogP) is 4.19. The number of nitrogens with zero attached hydrogens (tertiary/aromatic N) is 4. The first-order valence-corrected chi connectivity index (χ1v) is 9.97. The summed E-state index contributed by atoms with van der Waals surface area (Å²) in [6.45, 7) is 9.62. The zero-order chi connectivity index (χ0) is 21.3. The first-order valence-electron chi connectivity index (χ1n) is 9.97. The maximum Gasteiger partial charge on any atom is 0.271 e. The molecule has 4 rings (SSSR count). The molecule has 3 heterocycles. The number of aromatic nitrogens is 3. The van der Waals surface area contributed by atoms with E-state index in [0.29, 0.717) is 12.1 Å². The number of furan rings is 1. The predicted molar refractivity (Wildman–Crippen MR) is 117 cm³/mol. The van der Waals surface area contributed by atoms with Gasteiger partial charge >= 0.3 is 0 Å². The molecule has 0 saturated carbocycles. The van der Waals surface area contributed by atoms with Crippen LogP contribution in [0.4, 0.5) is 0 Å².